The van der Waals surface area contributed by atoms with Crippen LogP contribution in [0.15, 0.2) is 24.3 Å². The van der Waals surface area contributed by atoms with Gasteiger partial charge >= 0.3 is 0 Å². The van der Waals surface area contributed by atoms with Gasteiger partial charge in [-0.3, -0.25) is 0 Å². The molecule has 90 valence electrons. The Hall–Kier alpha value is -0.820. The zero-order chi connectivity index (χ0) is 12.0. The predicted octanol–water partition coefficient (Wildman–Crippen LogP) is 3.90. The highest BCUT2D eigenvalue weighted by Crippen LogP contribution is 2.22. The summed E-state index contributed by atoms with van der Waals surface area (Å²) in [6.07, 6.45) is 4.05. The largest absolute Gasteiger partial charge is 0.393 e. The Morgan fingerprint density at radius 3 is 2.19 bits per heavy atom. The van der Waals surface area contributed by atoms with Gasteiger partial charge in [-0.2, -0.15) is 0 Å². The second kappa shape index (κ2) is 6.70. The van der Waals surface area contributed by atoms with E-state index in [4.69, 9.17) is 0 Å². The lowest BCUT2D eigenvalue weighted by Gasteiger charge is -2.18. The number of aryl methyl sites for hydroxylation is 1. The molecule has 0 heterocycles. The van der Waals surface area contributed by atoms with Crippen LogP contribution in [0.3, 0.4) is 0 Å². The molecular weight excluding hydrogens is 196 g/mol. The van der Waals surface area contributed by atoms with Crippen molar-refractivity contribution >= 4 is 0 Å². The Kier molecular flexibility index (Phi) is 5.54. The first-order valence-corrected chi connectivity index (χ1v) is 6.45. The Morgan fingerprint density at radius 1 is 1.06 bits per heavy atom. The molecule has 16 heavy (non-hydrogen) atoms. The molecule has 1 nitrogen and oxygen atoms in total. The van der Waals surface area contributed by atoms with Gasteiger partial charge in [0.15, 0.2) is 0 Å². The lowest BCUT2D eigenvalue weighted by molar-refractivity contribution is 0.139. The van der Waals surface area contributed by atoms with Gasteiger partial charge < -0.3 is 5.11 Å². The van der Waals surface area contributed by atoms with Gasteiger partial charge in [-0.25, -0.2) is 0 Å². The minimum Gasteiger partial charge on any atom is -0.393 e. The average Bonchev–Trinajstić information content (AvgIpc) is 2.30. The van der Waals surface area contributed by atoms with Crippen LogP contribution in [0, 0.1) is 0 Å². The van der Waals surface area contributed by atoms with Crippen LogP contribution < -0.4 is 0 Å². The zero-order valence-electron chi connectivity index (χ0n) is 10.7. The first-order valence-electron chi connectivity index (χ1n) is 6.45. The summed E-state index contributed by atoms with van der Waals surface area (Å²) >= 11 is 0. The summed E-state index contributed by atoms with van der Waals surface area (Å²) in [6, 6.07) is 8.70. The average molecular weight is 220 g/mol. The minimum atomic E-state index is -0.206. The first kappa shape index (κ1) is 13.2. The molecule has 0 saturated carbocycles. The summed E-state index contributed by atoms with van der Waals surface area (Å²) in [7, 11) is 0. The molecule has 0 aliphatic rings. The maximum absolute atomic E-state index is 9.94. The van der Waals surface area contributed by atoms with Crippen molar-refractivity contribution in [2.75, 3.05) is 0 Å². The Labute approximate surface area is 99.5 Å². The molecule has 2 atom stereocenters. The number of rotatable bonds is 6. The van der Waals surface area contributed by atoms with Crippen LogP contribution in [0.4, 0.5) is 0 Å². The first-order chi connectivity index (χ1) is 7.69. The Bertz CT molecular complexity index is 289. The van der Waals surface area contributed by atoms with Crippen LogP contribution in [0.2, 0.25) is 0 Å². The molecule has 1 rings (SSSR count). The SMILES string of the molecule is CCCc1ccc(C(C)C(O)CCC)cc1. The highest BCUT2D eigenvalue weighted by molar-refractivity contribution is 5.25. The number of aliphatic hydroxyl groups excluding tert-OH is 1. The van der Waals surface area contributed by atoms with Crippen LogP contribution in [0.5, 0.6) is 0 Å². The van der Waals surface area contributed by atoms with Gasteiger partial charge in [0.25, 0.3) is 0 Å². The second-order valence-corrected chi connectivity index (χ2v) is 4.64. The lowest BCUT2D eigenvalue weighted by atomic mass is 9.92. The zero-order valence-corrected chi connectivity index (χ0v) is 10.7. The number of benzene rings is 1. The molecule has 0 bridgehead atoms. The molecule has 2 unspecified atom stereocenters. The third kappa shape index (κ3) is 3.64. The molecule has 0 fully saturated rings. The van der Waals surface area contributed by atoms with Gasteiger partial charge in [0.05, 0.1) is 6.10 Å². The number of hydrogen-bond acceptors (Lipinski definition) is 1. The molecule has 1 N–H and O–H groups in total. The van der Waals surface area contributed by atoms with Crippen molar-refractivity contribution in [2.45, 2.75) is 58.5 Å². The maximum atomic E-state index is 9.94. The fourth-order valence-electron chi connectivity index (χ4n) is 2.04. The normalized spacial score (nSPS) is 14.8. The number of aliphatic hydroxyl groups is 1. The van der Waals surface area contributed by atoms with Crippen LogP contribution >= 0.6 is 0 Å². The topological polar surface area (TPSA) is 20.2 Å². The van der Waals surface area contributed by atoms with Crippen LogP contribution in [0.1, 0.15) is 57.1 Å². The van der Waals surface area contributed by atoms with Gasteiger partial charge in [0, 0.05) is 5.92 Å². The summed E-state index contributed by atoms with van der Waals surface area (Å²) < 4.78 is 0. The van der Waals surface area contributed by atoms with Gasteiger partial charge in [-0.1, -0.05) is 57.9 Å². The fraction of sp³-hybridized carbons (Fsp3) is 0.600. The summed E-state index contributed by atoms with van der Waals surface area (Å²) in [5.74, 6) is 0.246. The summed E-state index contributed by atoms with van der Waals surface area (Å²) in [5.41, 5.74) is 2.64. The standard InChI is InChI=1S/C15H24O/c1-4-6-13-8-10-14(11-9-13)12(3)15(16)7-5-2/h8-12,15-16H,4-7H2,1-3H3. The molecule has 0 spiro atoms. The van der Waals surface area contributed by atoms with E-state index in [1.807, 2.05) is 0 Å². The van der Waals surface area contributed by atoms with Gasteiger partial charge in [0.1, 0.15) is 0 Å². The fourth-order valence-corrected chi connectivity index (χ4v) is 2.04. The van der Waals surface area contributed by atoms with Crippen molar-refractivity contribution in [1.82, 2.24) is 0 Å². The molecule has 0 saturated heterocycles. The highest BCUT2D eigenvalue weighted by atomic mass is 16.3. The molecular formula is C15H24O. The molecule has 0 amide bonds. The van der Waals surface area contributed by atoms with E-state index >= 15 is 0 Å². The monoisotopic (exact) mass is 220 g/mol. The quantitative estimate of drug-likeness (QED) is 0.770. The molecule has 1 heteroatoms. The van der Waals surface area contributed by atoms with Gasteiger partial charge in [-0.05, 0) is 24.0 Å². The Balaban J connectivity index is 2.65. The number of hydrogen-bond donors (Lipinski definition) is 1. The third-order valence-corrected chi connectivity index (χ3v) is 3.21. The molecule has 0 aliphatic carbocycles. The molecule has 0 aliphatic heterocycles. The molecule has 0 radical (unpaired) electrons. The van der Waals surface area contributed by atoms with E-state index in [-0.39, 0.29) is 12.0 Å². The molecule has 1 aromatic rings. The van der Waals surface area contributed by atoms with Crippen LogP contribution in [-0.4, -0.2) is 11.2 Å². The van der Waals surface area contributed by atoms with E-state index < -0.39 is 0 Å². The molecule has 1 aromatic carbocycles. The van der Waals surface area contributed by atoms with Crippen molar-refractivity contribution in [3.05, 3.63) is 35.4 Å². The van der Waals surface area contributed by atoms with Crippen molar-refractivity contribution in [3.8, 4) is 0 Å². The van der Waals surface area contributed by atoms with Crippen molar-refractivity contribution in [3.63, 3.8) is 0 Å². The smallest absolute Gasteiger partial charge is 0.0606 e. The van der Waals surface area contributed by atoms with E-state index in [1.54, 1.807) is 0 Å². The second-order valence-electron chi connectivity index (χ2n) is 4.64. The predicted molar refractivity (Wildman–Crippen MR) is 69.8 cm³/mol. The van der Waals surface area contributed by atoms with E-state index in [0.717, 1.165) is 19.3 Å². The third-order valence-electron chi connectivity index (χ3n) is 3.21. The molecule has 0 aromatic heterocycles. The highest BCUT2D eigenvalue weighted by Gasteiger charge is 2.14. The van der Waals surface area contributed by atoms with Crippen molar-refractivity contribution in [1.29, 1.82) is 0 Å². The van der Waals surface area contributed by atoms with Gasteiger partial charge in [-0.15, -0.1) is 0 Å². The maximum Gasteiger partial charge on any atom is 0.0606 e. The van der Waals surface area contributed by atoms with Crippen LogP contribution in [0.25, 0.3) is 0 Å². The van der Waals surface area contributed by atoms with Crippen LogP contribution in [-0.2, 0) is 6.42 Å². The van der Waals surface area contributed by atoms with E-state index in [2.05, 4.69) is 45.0 Å². The van der Waals surface area contributed by atoms with Gasteiger partial charge in [0.2, 0.25) is 0 Å². The summed E-state index contributed by atoms with van der Waals surface area (Å²) in [5, 5.41) is 9.94. The minimum absolute atomic E-state index is 0.206. The van der Waals surface area contributed by atoms with Crippen molar-refractivity contribution < 1.29 is 5.11 Å². The van der Waals surface area contributed by atoms with E-state index in [0.29, 0.717) is 0 Å². The summed E-state index contributed by atoms with van der Waals surface area (Å²) in [4.78, 5) is 0. The lowest BCUT2D eigenvalue weighted by Crippen LogP contribution is -2.15. The Morgan fingerprint density at radius 2 is 1.69 bits per heavy atom. The summed E-state index contributed by atoms with van der Waals surface area (Å²) in [6.45, 7) is 6.41. The van der Waals surface area contributed by atoms with E-state index in [1.165, 1.54) is 17.5 Å². The van der Waals surface area contributed by atoms with Crippen molar-refractivity contribution in [2.24, 2.45) is 0 Å². The van der Waals surface area contributed by atoms with E-state index in [9.17, 15) is 5.11 Å².